The Morgan fingerprint density at radius 2 is 1.48 bits per heavy atom. The summed E-state index contributed by atoms with van der Waals surface area (Å²) in [5, 5.41) is 0. The minimum absolute atomic E-state index is 0.299. The fraction of sp³-hybridized carbons (Fsp3) is 0.238. The van der Waals surface area contributed by atoms with Crippen LogP contribution in [0.5, 0.6) is 0 Å². The first-order valence-electron chi connectivity index (χ1n) is 8.28. The topological polar surface area (TPSA) is 44.0 Å². The third-order valence-corrected chi connectivity index (χ3v) is 4.71. The van der Waals surface area contributed by atoms with Gasteiger partial charge >= 0.3 is 5.69 Å². The fourth-order valence-electron chi connectivity index (χ4n) is 3.12. The third kappa shape index (κ3) is 2.95. The zero-order valence-corrected chi connectivity index (χ0v) is 15.0. The van der Waals surface area contributed by atoms with E-state index in [2.05, 4.69) is 0 Å². The van der Waals surface area contributed by atoms with Crippen LogP contribution in [0.25, 0.3) is 11.3 Å². The van der Waals surface area contributed by atoms with E-state index in [9.17, 15) is 9.59 Å². The van der Waals surface area contributed by atoms with Gasteiger partial charge in [0.2, 0.25) is 0 Å². The first-order chi connectivity index (χ1) is 11.8. The van der Waals surface area contributed by atoms with E-state index < -0.39 is 5.54 Å². The zero-order chi connectivity index (χ0) is 18.2. The van der Waals surface area contributed by atoms with Crippen molar-refractivity contribution in [3.05, 3.63) is 92.6 Å². The van der Waals surface area contributed by atoms with Gasteiger partial charge < -0.3 is 0 Å². The molecule has 0 aliphatic rings. The second-order valence-electron chi connectivity index (χ2n) is 6.84. The highest BCUT2D eigenvalue weighted by Gasteiger charge is 2.27. The summed E-state index contributed by atoms with van der Waals surface area (Å²) in [7, 11) is 1.70. The SMILES string of the molecule is Cc1ccc(-c2cc(=O)n(C(C)(C)c3ccccc3)c(=O)n2C)cc1. The van der Waals surface area contributed by atoms with Crippen LogP contribution in [0.1, 0.15) is 25.0 Å². The second kappa shape index (κ2) is 6.20. The molecule has 128 valence electrons. The molecule has 3 rings (SSSR count). The van der Waals surface area contributed by atoms with Crippen molar-refractivity contribution in [3.63, 3.8) is 0 Å². The lowest BCUT2D eigenvalue weighted by Gasteiger charge is -2.28. The van der Waals surface area contributed by atoms with E-state index in [1.807, 2.05) is 75.4 Å². The summed E-state index contributed by atoms with van der Waals surface area (Å²) < 4.78 is 2.86. The Balaban J connectivity index is 2.22. The van der Waals surface area contributed by atoms with Gasteiger partial charge in [0, 0.05) is 13.1 Å². The third-order valence-electron chi connectivity index (χ3n) is 4.71. The number of benzene rings is 2. The molecule has 0 saturated carbocycles. The summed E-state index contributed by atoms with van der Waals surface area (Å²) >= 11 is 0. The number of nitrogens with zero attached hydrogens (tertiary/aromatic N) is 2. The maximum atomic E-state index is 13.0. The molecule has 0 fully saturated rings. The number of hydrogen-bond acceptors (Lipinski definition) is 2. The molecular formula is C21H22N2O2. The van der Waals surface area contributed by atoms with Crippen molar-refractivity contribution >= 4 is 0 Å². The van der Waals surface area contributed by atoms with Crippen molar-refractivity contribution in [3.8, 4) is 11.3 Å². The standard InChI is InChI=1S/C21H22N2O2/c1-15-10-12-16(13-11-15)18-14-19(24)23(20(25)22(18)4)21(2,3)17-8-6-5-7-9-17/h5-14H,1-4H3. The molecule has 0 radical (unpaired) electrons. The molecule has 4 heteroatoms. The Labute approximate surface area is 147 Å². The van der Waals surface area contributed by atoms with Gasteiger partial charge in [0.1, 0.15) is 0 Å². The molecule has 0 aliphatic heterocycles. The Hall–Kier alpha value is -2.88. The van der Waals surface area contributed by atoms with Gasteiger partial charge in [0.05, 0.1) is 11.2 Å². The highest BCUT2D eigenvalue weighted by atomic mass is 16.2. The summed E-state index contributed by atoms with van der Waals surface area (Å²) in [6.07, 6.45) is 0. The average molecular weight is 334 g/mol. The summed E-state index contributed by atoms with van der Waals surface area (Å²) in [4.78, 5) is 25.8. The first-order valence-corrected chi connectivity index (χ1v) is 8.28. The van der Waals surface area contributed by atoms with Crippen molar-refractivity contribution in [2.45, 2.75) is 26.3 Å². The van der Waals surface area contributed by atoms with Crippen LogP contribution < -0.4 is 11.2 Å². The van der Waals surface area contributed by atoms with Gasteiger partial charge in [-0.1, -0.05) is 60.2 Å². The minimum Gasteiger partial charge on any atom is -0.296 e. The van der Waals surface area contributed by atoms with E-state index >= 15 is 0 Å². The van der Waals surface area contributed by atoms with Gasteiger partial charge in [-0.05, 0) is 31.9 Å². The molecular weight excluding hydrogens is 312 g/mol. The van der Waals surface area contributed by atoms with Crippen molar-refractivity contribution in [1.82, 2.24) is 9.13 Å². The number of hydrogen-bond donors (Lipinski definition) is 0. The van der Waals surface area contributed by atoms with Crippen LogP contribution in [0.2, 0.25) is 0 Å². The summed E-state index contributed by atoms with van der Waals surface area (Å²) in [6, 6.07) is 18.9. The molecule has 25 heavy (non-hydrogen) atoms. The normalized spacial score (nSPS) is 11.5. The highest BCUT2D eigenvalue weighted by Crippen LogP contribution is 2.23. The van der Waals surface area contributed by atoms with Crippen molar-refractivity contribution in [1.29, 1.82) is 0 Å². The molecule has 0 atom stereocenters. The van der Waals surface area contributed by atoms with Crippen molar-refractivity contribution in [2.24, 2.45) is 7.05 Å². The molecule has 0 N–H and O–H groups in total. The summed E-state index contributed by atoms with van der Waals surface area (Å²) in [6.45, 7) is 5.77. The predicted octanol–water partition coefficient (Wildman–Crippen LogP) is 3.31. The van der Waals surface area contributed by atoms with E-state index in [1.54, 1.807) is 7.05 Å². The van der Waals surface area contributed by atoms with Crippen LogP contribution in [0.3, 0.4) is 0 Å². The molecule has 0 aliphatic carbocycles. The maximum absolute atomic E-state index is 13.0. The lowest BCUT2D eigenvalue weighted by molar-refractivity contribution is 0.393. The maximum Gasteiger partial charge on any atom is 0.331 e. The van der Waals surface area contributed by atoms with Crippen LogP contribution >= 0.6 is 0 Å². The van der Waals surface area contributed by atoms with Gasteiger partial charge in [-0.2, -0.15) is 0 Å². The van der Waals surface area contributed by atoms with Crippen molar-refractivity contribution < 1.29 is 0 Å². The van der Waals surface area contributed by atoms with E-state index in [0.29, 0.717) is 5.69 Å². The van der Waals surface area contributed by atoms with E-state index in [4.69, 9.17) is 0 Å². The lowest BCUT2D eigenvalue weighted by Crippen LogP contribution is -2.49. The molecule has 0 spiro atoms. The molecule has 4 nitrogen and oxygen atoms in total. The van der Waals surface area contributed by atoms with Crippen molar-refractivity contribution in [2.75, 3.05) is 0 Å². The fourth-order valence-corrected chi connectivity index (χ4v) is 3.12. The van der Waals surface area contributed by atoms with E-state index in [-0.39, 0.29) is 11.2 Å². The average Bonchev–Trinajstić information content (AvgIpc) is 2.59. The molecule has 1 aromatic heterocycles. The number of aromatic nitrogens is 2. The van der Waals surface area contributed by atoms with E-state index in [0.717, 1.165) is 16.7 Å². The molecule has 0 unspecified atom stereocenters. The van der Waals surface area contributed by atoms with Gasteiger partial charge in [0.25, 0.3) is 5.56 Å². The minimum atomic E-state index is -0.737. The second-order valence-corrected chi connectivity index (χ2v) is 6.84. The van der Waals surface area contributed by atoms with E-state index in [1.165, 1.54) is 15.2 Å². The molecule has 2 aromatic carbocycles. The zero-order valence-electron chi connectivity index (χ0n) is 15.0. The van der Waals surface area contributed by atoms with Gasteiger partial charge in [-0.25, -0.2) is 4.79 Å². The summed E-state index contributed by atoms with van der Waals surface area (Å²) in [5.74, 6) is 0. The highest BCUT2D eigenvalue weighted by molar-refractivity contribution is 5.59. The molecule has 3 aromatic rings. The van der Waals surface area contributed by atoms with Crippen LogP contribution in [-0.4, -0.2) is 9.13 Å². The van der Waals surface area contributed by atoms with Crippen LogP contribution in [0, 0.1) is 6.92 Å². The Morgan fingerprint density at radius 3 is 2.08 bits per heavy atom. The Bertz CT molecular complexity index is 1010. The monoisotopic (exact) mass is 334 g/mol. The van der Waals surface area contributed by atoms with Crippen LogP contribution in [0.4, 0.5) is 0 Å². The number of aryl methyl sites for hydroxylation is 1. The van der Waals surface area contributed by atoms with Crippen LogP contribution in [-0.2, 0) is 12.6 Å². The number of rotatable bonds is 3. The van der Waals surface area contributed by atoms with Gasteiger partial charge in [0.15, 0.2) is 0 Å². The molecule has 0 amide bonds. The quantitative estimate of drug-likeness (QED) is 0.737. The lowest BCUT2D eigenvalue weighted by atomic mass is 9.94. The molecule has 0 bridgehead atoms. The largest absolute Gasteiger partial charge is 0.331 e. The Kier molecular flexibility index (Phi) is 4.21. The van der Waals surface area contributed by atoms with Crippen LogP contribution in [0.15, 0.2) is 70.3 Å². The molecule has 1 heterocycles. The predicted molar refractivity (Wildman–Crippen MR) is 101 cm³/mol. The Morgan fingerprint density at radius 1 is 0.880 bits per heavy atom. The summed E-state index contributed by atoms with van der Waals surface area (Å²) in [5.41, 5.74) is 2.16. The smallest absolute Gasteiger partial charge is 0.296 e. The molecule has 0 saturated heterocycles. The van der Waals surface area contributed by atoms with Gasteiger partial charge in [-0.15, -0.1) is 0 Å². The first kappa shape index (κ1) is 17.0. The van der Waals surface area contributed by atoms with Gasteiger partial charge in [-0.3, -0.25) is 13.9 Å².